The summed E-state index contributed by atoms with van der Waals surface area (Å²) in [5.74, 6) is 0.166. The molecule has 0 bridgehead atoms. The van der Waals surface area contributed by atoms with E-state index in [-0.39, 0.29) is 12.0 Å². The van der Waals surface area contributed by atoms with E-state index < -0.39 is 0 Å². The molecule has 3 rings (SSSR count). The quantitative estimate of drug-likeness (QED) is 0.817. The van der Waals surface area contributed by atoms with Gasteiger partial charge < -0.3 is 14.2 Å². The molecule has 0 aliphatic carbocycles. The SMILES string of the molecule is CN(C[C@H]1CCCCO1)C(=O)c1cc(CCc2ccccc2)no1. The molecule has 1 amide bonds. The van der Waals surface area contributed by atoms with Crippen LogP contribution in [-0.4, -0.2) is 42.3 Å². The Bertz CT molecular complexity index is 648. The second-order valence-electron chi connectivity index (χ2n) is 6.34. The Labute approximate surface area is 142 Å². The molecular weight excluding hydrogens is 304 g/mol. The lowest BCUT2D eigenvalue weighted by molar-refractivity contribution is -0.000848. The van der Waals surface area contributed by atoms with Crippen LogP contribution in [0.3, 0.4) is 0 Å². The number of hydrogen-bond donors (Lipinski definition) is 0. The van der Waals surface area contributed by atoms with Crippen LogP contribution in [0.15, 0.2) is 40.9 Å². The standard InChI is InChI=1S/C19H24N2O3/c1-21(14-17-9-5-6-12-23-17)19(22)18-13-16(20-24-18)11-10-15-7-3-2-4-8-15/h2-4,7-8,13,17H,5-6,9-12,14H2,1H3/t17-/m1/s1. The van der Waals surface area contributed by atoms with Crippen LogP contribution in [-0.2, 0) is 17.6 Å². The lowest BCUT2D eigenvalue weighted by atomic mass is 10.1. The average molecular weight is 328 g/mol. The lowest BCUT2D eigenvalue weighted by Gasteiger charge is -2.26. The van der Waals surface area contributed by atoms with Gasteiger partial charge in [0.05, 0.1) is 11.8 Å². The first-order valence-corrected chi connectivity index (χ1v) is 8.59. The Hall–Kier alpha value is -2.14. The summed E-state index contributed by atoms with van der Waals surface area (Å²) in [6, 6.07) is 12.0. The van der Waals surface area contributed by atoms with E-state index in [0.717, 1.165) is 38.0 Å². The van der Waals surface area contributed by atoms with Gasteiger partial charge in [-0.1, -0.05) is 35.5 Å². The minimum absolute atomic E-state index is 0.133. The minimum atomic E-state index is -0.136. The first-order valence-electron chi connectivity index (χ1n) is 8.59. The molecule has 1 saturated heterocycles. The largest absolute Gasteiger partial charge is 0.376 e. The smallest absolute Gasteiger partial charge is 0.292 e. The number of aromatic nitrogens is 1. The molecular formula is C19H24N2O3. The maximum absolute atomic E-state index is 12.4. The molecule has 5 nitrogen and oxygen atoms in total. The topological polar surface area (TPSA) is 55.6 Å². The Kier molecular flexibility index (Phi) is 5.64. The van der Waals surface area contributed by atoms with Gasteiger partial charge in [0, 0.05) is 26.3 Å². The summed E-state index contributed by atoms with van der Waals surface area (Å²) in [6.07, 6.45) is 5.06. The van der Waals surface area contributed by atoms with Crippen molar-refractivity contribution in [2.45, 2.75) is 38.2 Å². The molecule has 0 saturated carbocycles. The normalized spacial score (nSPS) is 17.6. The van der Waals surface area contributed by atoms with Crippen molar-refractivity contribution >= 4 is 5.91 Å². The number of carbonyl (C=O) groups excluding carboxylic acids is 1. The molecule has 1 aliphatic rings. The summed E-state index contributed by atoms with van der Waals surface area (Å²) in [5, 5.41) is 4.03. The van der Waals surface area contributed by atoms with Gasteiger partial charge in [0.15, 0.2) is 0 Å². The van der Waals surface area contributed by atoms with Crippen molar-refractivity contribution in [3.63, 3.8) is 0 Å². The highest BCUT2D eigenvalue weighted by atomic mass is 16.5. The predicted molar refractivity (Wildman–Crippen MR) is 90.9 cm³/mol. The average Bonchev–Trinajstić information content (AvgIpc) is 3.10. The van der Waals surface area contributed by atoms with Gasteiger partial charge in [0.2, 0.25) is 5.76 Å². The van der Waals surface area contributed by atoms with Crippen LogP contribution in [0.5, 0.6) is 0 Å². The number of benzene rings is 1. The third kappa shape index (κ3) is 4.45. The zero-order valence-electron chi connectivity index (χ0n) is 14.1. The van der Waals surface area contributed by atoms with E-state index in [1.54, 1.807) is 18.0 Å². The summed E-state index contributed by atoms with van der Waals surface area (Å²) in [6.45, 7) is 1.39. The molecule has 2 aromatic rings. The van der Waals surface area contributed by atoms with Crippen LogP contribution >= 0.6 is 0 Å². The van der Waals surface area contributed by atoms with Crippen LogP contribution in [0.1, 0.15) is 41.1 Å². The molecule has 128 valence electrons. The number of carbonyl (C=O) groups is 1. The lowest BCUT2D eigenvalue weighted by Crippen LogP contribution is -2.37. The van der Waals surface area contributed by atoms with Crippen LogP contribution in [0.2, 0.25) is 0 Å². The summed E-state index contributed by atoms with van der Waals surface area (Å²) < 4.78 is 10.9. The summed E-state index contributed by atoms with van der Waals surface area (Å²) >= 11 is 0. The molecule has 24 heavy (non-hydrogen) atoms. The number of nitrogens with zero attached hydrogens (tertiary/aromatic N) is 2. The molecule has 0 spiro atoms. The van der Waals surface area contributed by atoms with E-state index in [0.29, 0.717) is 12.3 Å². The van der Waals surface area contributed by atoms with E-state index >= 15 is 0 Å². The molecule has 1 aromatic carbocycles. The zero-order valence-corrected chi connectivity index (χ0v) is 14.1. The van der Waals surface area contributed by atoms with Crippen molar-refractivity contribution in [3.05, 3.63) is 53.4 Å². The van der Waals surface area contributed by atoms with Gasteiger partial charge in [-0.3, -0.25) is 4.79 Å². The first-order chi connectivity index (χ1) is 11.7. The van der Waals surface area contributed by atoms with E-state index in [9.17, 15) is 4.79 Å². The van der Waals surface area contributed by atoms with Crippen LogP contribution in [0, 0.1) is 0 Å². The number of amides is 1. The second kappa shape index (κ2) is 8.11. The zero-order chi connectivity index (χ0) is 16.8. The molecule has 1 atom stereocenters. The minimum Gasteiger partial charge on any atom is -0.376 e. The number of aryl methyl sites for hydroxylation is 2. The summed E-state index contributed by atoms with van der Waals surface area (Å²) in [5.41, 5.74) is 2.06. The van der Waals surface area contributed by atoms with Crippen molar-refractivity contribution in [1.82, 2.24) is 10.1 Å². The molecule has 2 heterocycles. The fourth-order valence-electron chi connectivity index (χ4n) is 2.98. The van der Waals surface area contributed by atoms with Crippen molar-refractivity contribution < 1.29 is 14.1 Å². The van der Waals surface area contributed by atoms with Crippen molar-refractivity contribution in [3.8, 4) is 0 Å². The van der Waals surface area contributed by atoms with E-state index in [4.69, 9.17) is 9.26 Å². The molecule has 5 heteroatoms. The number of hydrogen-bond acceptors (Lipinski definition) is 4. The Morgan fingerprint density at radius 1 is 1.25 bits per heavy atom. The van der Waals surface area contributed by atoms with E-state index in [1.807, 2.05) is 18.2 Å². The fraction of sp³-hybridized carbons (Fsp3) is 0.474. The molecule has 1 aliphatic heterocycles. The number of rotatable bonds is 6. The molecule has 1 fully saturated rings. The highest BCUT2D eigenvalue weighted by molar-refractivity contribution is 5.91. The third-order valence-corrected chi connectivity index (χ3v) is 4.38. The van der Waals surface area contributed by atoms with Gasteiger partial charge in [-0.2, -0.15) is 0 Å². The Morgan fingerprint density at radius 3 is 2.83 bits per heavy atom. The Morgan fingerprint density at radius 2 is 2.08 bits per heavy atom. The predicted octanol–water partition coefficient (Wildman–Crippen LogP) is 3.10. The molecule has 0 N–H and O–H groups in total. The van der Waals surface area contributed by atoms with Crippen LogP contribution < -0.4 is 0 Å². The van der Waals surface area contributed by atoms with Gasteiger partial charge >= 0.3 is 0 Å². The van der Waals surface area contributed by atoms with Gasteiger partial charge in [0.25, 0.3) is 5.91 Å². The number of likely N-dealkylation sites (N-methyl/N-ethyl adjacent to an activating group) is 1. The van der Waals surface area contributed by atoms with Gasteiger partial charge in [0.1, 0.15) is 0 Å². The highest BCUT2D eigenvalue weighted by Gasteiger charge is 2.22. The summed E-state index contributed by atoms with van der Waals surface area (Å²) in [4.78, 5) is 14.1. The van der Waals surface area contributed by atoms with E-state index in [2.05, 4.69) is 17.3 Å². The Balaban J connectivity index is 1.52. The monoisotopic (exact) mass is 328 g/mol. The van der Waals surface area contributed by atoms with Crippen LogP contribution in [0.25, 0.3) is 0 Å². The van der Waals surface area contributed by atoms with Gasteiger partial charge in [-0.25, -0.2) is 0 Å². The second-order valence-corrected chi connectivity index (χ2v) is 6.34. The van der Waals surface area contributed by atoms with Gasteiger partial charge in [-0.15, -0.1) is 0 Å². The van der Waals surface area contributed by atoms with E-state index in [1.165, 1.54) is 12.0 Å². The third-order valence-electron chi connectivity index (χ3n) is 4.38. The maximum atomic E-state index is 12.4. The molecule has 1 aromatic heterocycles. The molecule has 0 unspecified atom stereocenters. The maximum Gasteiger partial charge on any atom is 0.292 e. The van der Waals surface area contributed by atoms with Crippen molar-refractivity contribution in [2.75, 3.05) is 20.2 Å². The number of ether oxygens (including phenoxy) is 1. The van der Waals surface area contributed by atoms with Crippen molar-refractivity contribution in [1.29, 1.82) is 0 Å². The highest BCUT2D eigenvalue weighted by Crippen LogP contribution is 2.15. The summed E-state index contributed by atoms with van der Waals surface area (Å²) in [7, 11) is 1.78. The molecule has 0 radical (unpaired) electrons. The van der Waals surface area contributed by atoms with Crippen molar-refractivity contribution in [2.24, 2.45) is 0 Å². The van der Waals surface area contributed by atoms with Gasteiger partial charge in [-0.05, 0) is 37.7 Å². The fourth-order valence-corrected chi connectivity index (χ4v) is 2.98. The first kappa shape index (κ1) is 16.7. The van der Waals surface area contributed by atoms with Crippen LogP contribution in [0.4, 0.5) is 0 Å².